The maximum atomic E-state index is 15.3. The molecule has 0 aromatic carbocycles. The molecular weight excluding hydrogens is 375 g/mol. The average Bonchev–Trinajstić information content (AvgIpc) is 3.18. The molecule has 11 nitrogen and oxygen atoms in total. The van der Waals surface area contributed by atoms with Gasteiger partial charge in [-0.15, -0.1) is 6.42 Å². The highest BCUT2D eigenvalue weighted by molar-refractivity contribution is 5.81. The number of carboxylic acid groups (broad SMARTS) is 1. The van der Waals surface area contributed by atoms with Crippen molar-refractivity contribution in [2.75, 3.05) is 18.9 Å². The van der Waals surface area contributed by atoms with Crippen LogP contribution in [-0.2, 0) is 4.74 Å². The predicted octanol–water partition coefficient (Wildman–Crippen LogP) is -0.376. The Balaban J connectivity index is 1.97. The third-order valence-electron chi connectivity index (χ3n) is 4.77. The number of nitrogens with zero attached hydrogens (tertiary/aromatic N) is 4. The maximum Gasteiger partial charge on any atom is 0.404 e. The number of amides is 1. The number of aliphatic hydroxyl groups is 2. The maximum absolute atomic E-state index is 15.3. The molecule has 28 heavy (non-hydrogen) atoms. The molecular formula is C16H19FN6O5. The van der Waals surface area contributed by atoms with Crippen LogP contribution < -0.4 is 11.1 Å². The lowest BCUT2D eigenvalue weighted by Crippen LogP contribution is -2.45. The van der Waals surface area contributed by atoms with Crippen LogP contribution in [-0.4, -0.2) is 65.5 Å². The molecule has 150 valence electrons. The molecule has 3 rings (SSSR count). The van der Waals surface area contributed by atoms with Crippen LogP contribution in [0.5, 0.6) is 0 Å². The van der Waals surface area contributed by atoms with E-state index in [2.05, 4.69) is 26.2 Å². The highest BCUT2D eigenvalue weighted by Gasteiger charge is 2.64. The first-order chi connectivity index (χ1) is 13.3. The second kappa shape index (κ2) is 7.19. The number of alkyl halides is 1. The number of fused-ring (bicyclic) bond motifs is 1. The highest BCUT2D eigenvalue weighted by Crippen LogP contribution is 2.51. The monoisotopic (exact) mass is 394 g/mol. The minimum Gasteiger partial charge on any atom is -0.465 e. The molecule has 0 radical (unpaired) electrons. The second-order valence-electron chi connectivity index (χ2n) is 6.39. The van der Waals surface area contributed by atoms with Crippen LogP contribution in [0, 0.1) is 18.3 Å². The highest BCUT2D eigenvalue weighted by atomic mass is 19.2. The summed E-state index contributed by atoms with van der Waals surface area (Å²) in [7, 11) is 0. The number of aliphatic hydroxyl groups excluding tert-OH is 1. The minimum absolute atomic E-state index is 0.0103. The standard InChI is InChI=1S/C16H19FN6O5/c1-2-15(27)9(4-3-5-19-14(25)26)16(17,6-24)28-13(15)23-8-22-10-11(18)20-7-21-12(10)23/h1,7-9,13,19,24,27H,3-6H2,(H,25,26)(H2,18,20,21)/t9-,13+,15-,16-/m0/s1. The van der Waals surface area contributed by atoms with E-state index in [4.69, 9.17) is 22.0 Å². The molecule has 2 aromatic rings. The molecule has 1 saturated heterocycles. The van der Waals surface area contributed by atoms with Crippen molar-refractivity contribution in [2.45, 2.75) is 30.5 Å². The third kappa shape index (κ3) is 3.09. The average molecular weight is 394 g/mol. The molecule has 12 heteroatoms. The molecule has 2 aromatic heterocycles. The Hall–Kier alpha value is -3.01. The number of nitrogens with one attached hydrogen (secondary N) is 1. The number of aromatic nitrogens is 4. The molecule has 3 heterocycles. The van der Waals surface area contributed by atoms with Gasteiger partial charge in [0.25, 0.3) is 0 Å². The normalized spacial score (nSPS) is 29.6. The number of anilines is 1. The predicted molar refractivity (Wildman–Crippen MR) is 93.3 cm³/mol. The quantitative estimate of drug-likeness (QED) is 0.324. The first-order valence-electron chi connectivity index (χ1n) is 8.34. The Kier molecular flexibility index (Phi) is 5.07. The SMILES string of the molecule is C#C[C@@]1(O)[C@H](n2cnc3c(N)ncnc32)O[C@@](F)(CO)[C@H]1CCCNC(=O)O. The van der Waals surface area contributed by atoms with Gasteiger partial charge in [0.15, 0.2) is 23.3 Å². The number of rotatable bonds is 6. The molecule has 6 N–H and O–H groups in total. The summed E-state index contributed by atoms with van der Waals surface area (Å²) in [5, 5.41) is 31.5. The number of carbonyl (C=O) groups is 1. The van der Waals surface area contributed by atoms with Gasteiger partial charge in [0.2, 0.25) is 5.85 Å². The number of hydrogen-bond acceptors (Lipinski definition) is 8. The van der Waals surface area contributed by atoms with Gasteiger partial charge in [-0.1, -0.05) is 5.92 Å². The topological polar surface area (TPSA) is 169 Å². The summed E-state index contributed by atoms with van der Waals surface area (Å²) in [6.45, 7) is -1.05. The first-order valence-corrected chi connectivity index (χ1v) is 8.34. The summed E-state index contributed by atoms with van der Waals surface area (Å²) < 4.78 is 21.9. The number of nitrogens with two attached hydrogens (primary N) is 1. The van der Waals surface area contributed by atoms with Crippen molar-refractivity contribution in [2.24, 2.45) is 5.92 Å². The van der Waals surface area contributed by atoms with Crippen molar-refractivity contribution < 1.29 is 29.2 Å². The summed E-state index contributed by atoms with van der Waals surface area (Å²) in [6, 6.07) is 0. The number of ether oxygens (including phenoxy) is 1. The Bertz CT molecular complexity index is 932. The minimum atomic E-state index is -2.66. The lowest BCUT2D eigenvalue weighted by Gasteiger charge is -2.30. The number of nitrogen functional groups attached to an aromatic ring is 1. The Labute approximate surface area is 158 Å². The van der Waals surface area contributed by atoms with E-state index in [1.54, 1.807) is 0 Å². The van der Waals surface area contributed by atoms with Crippen molar-refractivity contribution in [1.29, 1.82) is 0 Å². The van der Waals surface area contributed by atoms with Crippen LogP contribution in [0.2, 0.25) is 0 Å². The van der Waals surface area contributed by atoms with Crippen molar-refractivity contribution >= 4 is 23.1 Å². The summed E-state index contributed by atoms with van der Waals surface area (Å²) in [5.74, 6) is -1.76. The van der Waals surface area contributed by atoms with E-state index >= 15 is 4.39 Å². The molecule has 1 fully saturated rings. The molecule has 0 aliphatic carbocycles. The lowest BCUT2D eigenvalue weighted by molar-refractivity contribution is -0.194. The van der Waals surface area contributed by atoms with Gasteiger partial charge in [-0.25, -0.2) is 24.1 Å². The fourth-order valence-electron chi connectivity index (χ4n) is 3.43. The van der Waals surface area contributed by atoms with Gasteiger partial charge in [-0.05, 0) is 12.8 Å². The van der Waals surface area contributed by atoms with Crippen LogP contribution in [0.25, 0.3) is 11.2 Å². The van der Waals surface area contributed by atoms with Gasteiger partial charge >= 0.3 is 6.09 Å². The number of terminal acetylenes is 1. The molecule has 0 spiro atoms. The van der Waals surface area contributed by atoms with Crippen molar-refractivity contribution in [1.82, 2.24) is 24.8 Å². The van der Waals surface area contributed by atoms with Gasteiger partial charge in [-0.2, -0.15) is 0 Å². The number of imidazole rings is 1. The summed E-state index contributed by atoms with van der Waals surface area (Å²) in [4.78, 5) is 22.4. The molecule has 0 bridgehead atoms. The van der Waals surface area contributed by atoms with E-state index < -0.39 is 36.3 Å². The van der Waals surface area contributed by atoms with Crippen molar-refractivity contribution in [3.8, 4) is 12.3 Å². The van der Waals surface area contributed by atoms with Crippen LogP contribution >= 0.6 is 0 Å². The van der Waals surface area contributed by atoms with Crippen LogP contribution in [0.1, 0.15) is 19.1 Å². The van der Waals surface area contributed by atoms with Gasteiger partial charge in [0, 0.05) is 6.54 Å². The third-order valence-corrected chi connectivity index (χ3v) is 4.77. The van der Waals surface area contributed by atoms with E-state index in [1.807, 2.05) is 0 Å². The van der Waals surface area contributed by atoms with Gasteiger partial charge in [-0.3, -0.25) is 4.57 Å². The molecule has 0 saturated carbocycles. The first kappa shape index (κ1) is 19.7. The summed E-state index contributed by atoms with van der Waals surface area (Å²) in [6.07, 6.45) is 5.34. The fraction of sp³-hybridized carbons (Fsp3) is 0.500. The summed E-state index contributed by atoms with van der Waals surface area (Å²) >= 11 is 0. The van der Waals surface area contributed by atoms with E-state index in [0.29, 0.717) is 0 Å². The molecule has 1 amide bonds. The Morgan fingerprint density at radius 3 is 2.89 bits per heavy atom. The summed E-state index contributed by atoms with van der Waals surface area (Å²) in [5.41, 5.74) is 3.95. The molecule has 1 aliphatic rings. The smallest absolute Gasteiger partial charge is 0.404 e. The lowest BCUT2D eigenvalue weighted by atomic mass is 9.81. The van der Waals surface area contributed by atoms with Crippen LogP contribution in [0.4, 0.5) is 15.0 Å². The van der Waals surface area contributed by atoms with Gasteiger partial charge in [0.05, 0.1) is 12.2 Å². The van der Waals surface area contributed by atoms with E-state index in [-0.39, 0.29) is 36.4 Å². The largest absolute Gasteiger partial charge is 0.465 e. The zero-order valence-electron chi connectivity index (χ0n) is 14.6. The number of halogens is 1. The van der Waals surface area contributed by atoms with E-state index in [0.717, 1.165) is 0 Å². The molecule has 1 aliphatic heterocycles. The van der Waals surface area contributed by atoms with Crippen LogP contribution in [0.15, 0.2) is 12.7 Å². The van der Waals surface area contributed by atoms with Crippen molar-refractivity contribution in [3.63, 3.8) is 0 Å². The van der Waals surface area contributed by atoms with Gasteiger partial charge < -0.3 is 31.1 Å². The molecule has 4 atom stereocenters. The van der Waals surface area contributed by atoms with Gasteiger partial charge in [0.1, 0.15) is 18.5 Å². The fourth-order valence-corrected chi connectivity index (χ4v) is 3.43. The second-order valence-corrected chi connectivity index (χ2v) is 6.39. The Morgan fingerprint density at radius 2 is 2.25 bits per heavy atom. The molecule has 0 unspecified atom stereocenters. The van der Waals surface area contributed by atoms with E-state index in [1.165, 1.54) is 17.2 Å². The zero-order chi connectivity index (χ0) is 20.5. The number of hydrogen-bond donors (Lipinski definition) is 5. The Morgan fingerprint density at radius 1 is 1.50 bits per heavy atom. The van der Waals surface area contributed by atoms with Crippen molar-refractivity contribution in [3.05, 3.63) is 12.7 Å². The van der Waals surface area contributed by atoms with Crippen LogP contribution in [0.3, 0.4) is 0 Å². The zero-order valence-corrected chi connectivity index (χ0v) is 14.6. The van der Waals surface area contributed by atoms with E-state index in [9.17, 15) is 15.0 Å².